The summed E-state index contributed by atoms with van der Waals surface area (Å²) in [6.07, 6.45) is 0.992. The monoisotopic (exact) mass is 284 g/mol. The summed E-state index contributed by atoms with van der Waals surface area (Å²) in [5, 5.41) is 3.34. The summed E-state index contributed by atoms with van der Waals surface area (Å²) >= 11 is 0. The molecule has 0 aliphatic heterocycles. The predicted molar refractivity (Wildman–Crippen MR) is 80.1 cm³/mol. The maximum Gasteiger partial charge on any atom is 0.178 e. The highest BCUT2D eigenvalue weighted by atomic mass is 32.2. The van der Waals surface area contributed by atoms with Gasteiger partial charge in [-0.05, 0) is 36.6 Å². The molecule has 0 aliphatic rings. The number of hydrogen-bond donors (Lipinski definition) is 2. The van der Waals surface area contributed by atoms with Crippen LogP contribution in [-0.4, -0.2) is 26.8 Å². The molecule has 0 bridgehead atoms. The van der Waals surface area contributed by atoms with Crippen molar-refractivity contribution in [2.24, 2.45) is 11.7 Å². The van der Waals surface area contributed by atoms with E-state index in [0.29, 0.717) is 17.4 Å². The van der Waals surface area contributed by atoms with Crippen molar-refractivity contribution < 1.29 is 8.42 Å². The van der Waals surface area contributed by atoms with E-state index >= 15 is 0 Å². The molecule has 0 spiro atoms. The number of nitrogens with two attached hydrogens (primary N) is 1. The minimum absolute atomic E-state index is 0.124. The van der Waals surface area contributed by atoms with E-state index in [4.69, 9.17) is 5.73 Å². The Kier molecular flexibility index (Phi) is 5.82. The number of anilines is 1. The predicted octanol–water partition coefficient (Wildman–Crippen LogP) is 2.27. The van der Waals surface area contributed by atoms with Crippen molar-refractivity contribution >= 4 is 15.5 Å². The topological polar surface area (TPSA) is 72.2 Å². The zero-order chi connectivity index (χ0) is 14.5. The zero-order valence-corrected chi connectivity index (χ0v) is 12.7. The van der Waals surface area contributed by atoms with E-state index in [1.807, 2.05) is 0 Å². The van der Waals surface area contributed by atoms with Crippen LogP contribution in [0.25, 0.3) is 0 Å². The number of nitrogens with one attached hydrogen (secondary N) is 1. The van der Waals surface area contributed by atoms with E-state index in [-0.39, 0.29) is 11.8 Å². The summed E-state index contributed by atoms with van der Waals surface area (Å²) in [7, 11) is -3.12. The van der Waals surface area contributed by atoms with Crippen LogP contribution >= 0.6 is 0 Å². The lowest BCUT2D eigenvalue weighted by Crippen LogP contribution is -2.30. The van der Waals surface area contributed by atoms with Crippen molar-refractivity contribution in [3.8, 4) is 0 Å². The molecule has 0 aliphatic carbocycles. The Morgan fingerprint density at radius 3 is 2.21 bits per heavy atom. The van der Waals surface area contributed by atoms with Crippen molar-refractivity contribution in [3.63, 3.8) is 0 Å². The van der Waals surface area contributed by atoms with Crippen LogP contribution in [0.15, 0.2) is 29.2 Å². The van der Waals surface area contributed by atoms with Gasteiger partial charge in [-0.2, -0.15) is 0 Å². The van der Waals surface area contributed by atoms with Gasteiger partial charge in [0.05, 0.1) is 10.6 Å². The van der Waals surface area contributed by atoms with E-state index in [1.54, 1.807) is 31.2 Å². The Bertz CT molecular complexity index is 481. The summed E-state index contributed by atoms with van der Waals surface area (Å²) in [5.41, 5.74) is 6.64. The normalized spacial score (nSPS) is 13.5. The molecular formula is C14H24N2O2S. The fraction of sp³-hybridized carbons (Fsp3) is 0.571. The first-order valence-electron chi connectivity index (χ1n) is 6.68. The Hall–Kier alpha value is -1.07. The molecule has 1 rings (SSSR count). The third kappa shape index (κ3) is 4.84. The highest BCUT2D eigenvalue weighted by Crippen LogP contribution is 2.17. The Labute approximate surface area is 116 Å². The van der Waals surface area contributed by atoms with Crippen molar-refractivity contribution in [3.05, 3.63) is 24.3 Å². The number of rotatable bonds is 7. The Balaban J connectivity index is 2.76. The molecule has 1 aromatic rings. The largest absolute Gasteiger partial charge is 0.381 e. The second-order valence-corrected chi connectivity index (χ2v) is 7.41. The number of sulfone groups is 1. The van der Waals surface area contributed by atoms with Gasteiger partial charge in [-0.3, -0.25) is 0 Å². The molecular weight excluding hydrogens is 260 g/mol. The van der Waals surface area contributed by atoms with Crippen LogP contribution in [0.4, 0.5) is 5.69 Å². The van der Waals surface area contributed by atoms with Gasteiger partial charge in [-0.15, -0.1) is 0 Å². The van der Waals surface area contributed by atoms with Gasteiger partial charge in [-0.25, -0.2) is 8.42 Å². The summed E-state index contributed by atoms with van der Waals surface area (Å²) in [6.45, 7) is 6.52. The SMILES string of the molecule is CCS(=O)(=O)c1ccc(NC(CN)CC(C)C)cc1. The third-order valence-electron chi connectivity index (χ3n) is 3.00. The van der Waals surface area contributed by atoms with Crippen molar-refractivity contribution in [1.29, 1.82) is 0 Å². The molecule has 1 atom stereocenters. The Morgan fingerprint density at radius 1 is 1.21 bits per heavy atom. The molecule has 108 valence electrons. The Morgan fingerprint density at radius 2 is 1.79 bits per heavy atom. The minimum atomic E-state index is -3.12. The molecule has 1 unspecified atom stereocenters. The number of hydrogen-bond acceptors (Lipinski definition) is 4. The molecule has 5 heteroatoms. The lowest BCUT2D eigenvalue weighted by Gasteiger charge is -2.20. The second kappa shape index (κ2) is 6.91. The van der Waals surface area contributed by atoms with Crippen LogP contribution in [-0.2, 0) is 9.84 Å². The molecule has 3 N–H and O–H groups in total. The maximum absolute atomic E-state index is 11.7. The van der Waals surface area contributed by atoms with Crippen molar-refractivity contribution in [2.75, 3.05) is 17.6 Å². The molecule has 0 fully saturated rings. The maximum atomic E-state index is 11.7. The van der Waals surface area contributed by atoms with E-state index in [9.17, 15) is 8.42 Å². The van der Waals surface area contributed by atoms with Crippen LogP contribution < -0.4 is 11.1 Å². The van der Waals surface area contributed by atoms with Gasteiger partial charge < -0.3 is 11.1 Å². The molecule has 19 heavy (non-hydrogen) atoms. The summed E-state index contributed by atoms with van der Waals surface area (Å²) in [6, 6.07) is 7.10. The van der Waals surface area contributed by atoms with Crippen molar-refractivity contribution in [1.82, 2.24) is 0 Å². The van der Waals surface area contributed by atoms with Gasteiger partial charge >= 0.3 is 0 Å². The number of benzene rings is 1. The molecule has 0 radical (unpaired) electrons. The van der Waals surface area contributed by atoms with Gasteiger partial charge in [-0.1, -0.05) is 20.8 Å². The quantitative estimate of drug-likeness (QED) is 0.805. The van der Waals surface area contributed by atoms with Gasteiger partial charge in [0.15, 0.2) is 9.84 Å². The standard InChI is InChI=1S/C14H24N2O2S/c1-4-19(17,18)14-7-5-12(6-8-14)16-13(10-15)9-11(2)3/h5-8,11,13,16H,4,9-10,15H2,1-3H3. The fourth-order valence-electron chi connectivity index (χ4n) is 1.94. The van der Waals surface area contributed by atoms with Crippen LogP contribution in [0.5, 0.6) is 0 Å². The summed E-state index contributed by atoms with van der Waals surface area (Å²) < 4.78 is 23.4. The molecule has 0 saturated carbocycles. The van der Waals surface area contributed by atoms with E-state index < -0.39 is 9.84 Å². The summed E-state index contributed by atoms with van der Waals surface area (Å²) in [5.74, 6) is 0.694. The van der Waals surface area contributed by atoms with Gasteiger partial charge in [0.1, 0.15) is 0 Å². The minimum Gasteiger partial charge on any atom is -0.381 e. The lowest BCUT2D eigenvalue weighted by atomic mass is 10.0. The first-order valence-corrected chi connectivity index (χ1v) is 8.33. The average molecular weight is 284 g/mol. The van der Waals surface area contributed by atoms with Gasteiger partial charge in [0.2, 0.25) is 0 Å². The molecule has 1 aromatic carbocycles. The molecule has 0 aromatic heterocycles. The molecule has 0 saturated heterocycles. The van der Waals surface area contributed by atoms with Crippen LogP contribution in [0.3, 0.4) is 0 Å². The van der Waals surface area contributed by atoms with Crippen LogP contribution in [0.2, 0.25) is 0 Å². The van der Waals surface area contributed by atoms with Crippen molar-refractivity contribution in [2.45, 2.75) is 38.1 Å². The zero-order valence-electron chi connectivity index (χ0n) is 11.9. The van der Waals surface area contributed by atoms with Gasteiger partial charge in [0, 0.05) is 18.3 Å². The first-order chi connectivity index (χ1) is 8.89. The lowest BCUT2D eigenvalue weighted by molar-refractivity contribution is 0.522. The second-order valence-electron chi connectivity index (χ2n) is 5.13. The molecule has 0 heterocycles. The smallest absolute Gasteiger partial charge is 0.178 e. The van der Waals surface area contributed by atoms with Gasteiger partial charge in [0.25, 0.3) is 0 Å². The van der Waals surface area contributed by atoms with Crippen LogP contribution in [0.1, 0.15) is 27.2 Å². The third-order valence-corrected chi connectivity index (χ3v) is 4.76. The molecule has 0 amide bonds. The summed E-state index contributed by atoms with van der Waals surface area (Å²) in [4.78, 5) is 0.369. The fourth-order valence-corrected chi connectivity index (χ4v) is 2.83. The highest BCUT2D eigenvalue weighted by molar-refractivity contribution is 7.91. The van der Waals surface area contributed by atoms with E-state index in [2.05, 4.69) is 19.2 Å². The molecule has 4 nitrogen and oxygen atoms in total. The first kappa shape index (κ1) is 16.0. The van der Waals surface area contributed by atoms with E-state index in [1.165, 1.54) is 0 Å². The highest BCUT2D eigenvalue weighted by Gasteiger charge is 2.12. The average Bonchev–Trinajstić information content (AvgIpc) is 2.38. The van der Waals surface area contributed by atoms with Crippen LogP contribution in [0, 0.1) is 5.92 Å². The van der Waals surface area contributed by atoms with E-state index in [0.717, 1.165) is 12.1 Å².